The second-order valence-electron chi connectivity index (χ2n) is 4.73. The zero-order chi connectivity index (χ0) is 15.5. The largest absolute Gasteiger partial charge is 0.497 e. The first-order chi connectivity index (χ1) is 10.7. The molecule has 0 aliphatic carbocycles. The van der Waals surface area contributed by atoms with Crippen molar-refractivity contribution in [3.63, 3.8) is 0 Å². The van der Waals surface area contributed by atoms with Crippen LogP contribution in [-0.2, 0) is 4.79 Å². The molecular weight excluding hydrogens is 283 g/mol. The number of nitrogens with zero attached hydrogens (tertiary/aromatic N) is 1. The molecule has 3 rings (SSSR count). The number of carbonyl (C=O) groups excluding carboxylic acids is 1. The third-order valence-corrected chi connectivity index (χ3v) is 3.21. The smallest absolute Gasteiger partial charge is 0.275 e. The van der Waals surface area contributed by atoms with Crippen LogP contribution in [0.3, 0.4) is 0 Å². The van der Waals surface area contributed by atoms with Gasteiger partial charge in [0.2, 0.25) is 0 Å². The van der Waals surface area contributed by atoms with Crippen molar-refractivity contribution >= 4 is 17.8 Å². The summed E-state index contributed by atoms with van der Waals surface area (Å²) >= 11 is 0. The van der Waals surface area contributed by atoms with Crippen LogP contribution in [0.15, 0.2) is 59.2 Å². The predicted molar refractivity (Wildman–Crippen MR) is 82.1 cm³/mol. The number of benzene rings is 2. The number of hydrogen-bond acceptors (Lipinski definition) is 3. The molecular formula is C17H13FN2O2. The number of carbonyl (C=O) groups is 1. The Morgan fingerprint density at radius 2 is 1.95 bits per heavy atom. The quantitative estimate of drug-likeness (QED) is 0.885. The summed E-state index contributed by atoms with van der Waals surface area (Å²) in [5, 5.41) is 2.64. The van der Waals surface area contributed by atoms with Crippen LogP contribution in [-0.4, -0.2) is 18.9 Å². The number of rotatable bonds is 3. The van der Waals surface area contributed by atoms with Crippen LogP contribution in [0.25, 0.3) is 6.08 Å². The molecule has 1 heterocycles. The molecule has 0 bridgehead atoms. The molecule has 0 radical (unpaired) electrons. The Hall–Kier alpha value is -2.95. The summed E-state index contributed by atoms with van der Waals surface area (Å²) in [5.74, 6) is 0.406. The third-order valence-electron chi connectivity index (χ3n) is 3.21. The van der Waals surface area contributed by atoms with Crippen LogP contribution in [0, 0.1) is 5.82 Å². The zero-order valence-corrected chi connectivity index (χ0v) is 11.8. The fourth-order valence-corrected chi connectivity index (χ4v) is 2.10. The molecule has 1 aliphatic rings. The van der Waals surface area contributed by atoms with Gasteiger partial charge in [-0.2, -0.15) is 0 Å². The molecule has 5 heteroatoms. The first kappa shape index (κ1) is 14.0. The van der Waals surface area contributed by atoms with E-state index in [1.165, 1.54) is 12.1 Å². The molecule has 0 saturated heterocycles. The highest BCUT2D eigenvalue weighted by molar-refractivity contribution is 6.19. The van der Waals surface area contributed by atoms with Crippen molar-refractivity contribution in [2.24, 2.45) is 4.99 Å². The van der Waals surface area contributed by atoms with Gasteiger partial charge in [0.1, 0.15) is 23.1 Å². The number of amidine groups is 1. The molecule has 0 spiro atoms. The Bertz CT molecular complexity index is 780. The van der Waals surface area contributed by atoms with E-state index >= 15 is 0 Å². The van der Waals surface area contributed by atoms with Gasteiger partial charge in [0, 0.05) is 5.56 Å². The van der Waals surface area contributed by atoms with Crippen LogP contribution >= 0.6 is 0 Å². The number of amides is 1. The van der Waals surface area contributed by atoms with E-state index in [9.17, 15) is 9.18 Å². The monoisotopic (exact) mass is 296 g/mol. The maximum atomic E-state index is 13.2. The number of aliphatic imine (C=N–C) groups is 1. The molecule has 0 aromatic heterocycles. The maximum absolute atomic E-state index is 13.2. The van der Waals surface area contributed by atoms with Crippen molar-refractivity contribution in [3.8, 4) is 5.75 Å². The number of nitrogens with one attached hydrogen (secondary N) is 1. The minimum absolute atomic E-state index is 0.282. The lowest BCUT2D eigenvalue weighted by molar-refractivity contribution is -0.115. The van der Waals surface area contributed by atoms with Crippen molar-refractivity contribution in [1.82, 2.24) is 5.32 Å². The zero-order valence-electron chi connectivity index (χ0n) is 11.8. The van der Waals surface area contributed by atoms with Crippen molar-refractivity contribution < 1.29 is 13.9 Å². The first-order valence-electron chi connectivity index (χ1n) is 6.67. The van der Waals surface area contributed by atoms with Gasteiger partial charge in [0.25, 0.3) is 5.91 Å². The average Bonchev–Trinajstić information content (AvgIpc) is 2.89. The van der Waals surface area contributed by atoms with Crippen molar-refractivity contribution in [2.45, 2.75) is 0 Å². The van der Waals surface area contributed by atoms with Crippen LogP contribution < -0.4 is 10.1 Å². The molecule has 1 N–H and O–H groups in total. The average molecular weight is 296 g/mol. The topological polar surface area (TPSA) is 50.7 Å². The molecule has 0 unspecified atom stereocenters. The van der Waals surface area contributed by atoms with E-state index in [-0.39, 0.29) is 17.4 Å². The number of halogens is 1. The molecule has 2 aromatic carbocycles. The van der Waals surface area contributed by atoms with Crippen LogP contribution in [0.4, 0.5) is 4.39 Å². The Labute approximate surface area is 127 Å². The summed E-state index contributed by atoms with van der Waals surface area (Å²) in [6, 6.07) is 13.2. The van der Waals surface area contributed by atoms with Gasteiger partial charge < -0.3 is 10.1 Å². The number of hydrogen-bond donors (Lipinski definition) is 1. The van der Waals surface area contributed by atoms with E-state index in [1.54, 1.807) is 37.5 Å². The van der Waals surface area contributed by atoms with Crippen molar-refractivity contribution in [1.29, 1.82) is 0 Å². The standard InChI is InChI=1S/C17H13FN2O2/c1-22-14-7-5-11(6-8-14)9-15-17(21)20-16(19-15)12-3-2-4-13(18)10-12/h2-10H,1H3,(H,19,20,21)/b15-9-. The molecule has 22 heavy (non-hydrogen) atoms. The van der Waals surface area contributed by atoms with Gasteiger partial charge >= 0.3 is 0 Å². The van der Waals surface area contributed by atoms with Gasteiger partial charge in [-0.3, -0.25) is 4.79 Å². The third kappa shape index (κ3) is 2.88. The van der Waals surface area contributed by atoms with E-state index in [2.05, 4.69) is 10.3 Å². The van der Waals surface area contributed by atoms with Crippen molar-refractivity contribution in [3.05, 3.63) is 71.2 Å². The second-order valence-corrected chi connectivity index (χ2v) is 4.73. The highest BCUT2D eigenvalue weighted by Gasteiger charge is 2.21. The van der Waals surface area contributed by atoms with E-state index in [4.69, 9.17) is 4.74 Å². The van der Waals surface area contributed by atoms with Gasteiger partial charge in [-0.1, -0.05) is 24.3 Å². The van der Waals surface area contributed by atoms with Crippen molar-refractivity contribution in [2.75, 3.05) is 7.11 Å². The lowest BCUT2D eigenvalue weighted by Gasteiger charge is -1.99. The molecule has 1 aliphatic heterocycles. The lowest BCUT2D eigenvalue weighted by atomic mass is 10.2. The van der Waals surface area contributed by atoms with Gasteiger partial charge in [0.15, 0.2) is 0 Å². The molecule has 110 valence electrons. The molecule has 0 saturated carbocycles. The molecule has 2 aromatic rings. The number of methoxy groups -OCH3 is 1. The molecule has 1 amide bonds. The minimum Gasteiger partial charge on any atom is -0.497 e. The highest BCUT2D eigenvalue weighted by Crippen LogP contribution is 2.18. The Morgan fingerprint density at radius 3 is 2.64 bits per heavy atom. The van der Waals surface area contributed by atoms with E-state index in [1.807, 2.05) is 12.1 Å². The molecule has 4 nitrogen and oxygen atoms in total. The van der Waals surface area contributed by atoms with Crippen LogP contribution in [0.5, 0.6) is 5.75 Å². The number of ether oxygens (including phenoxy) is 1. The summed E-state index contributed by atoms with van der Waals surface area (Å²) in [6.07, 6.45) is 1.67. The van der Waals surface area contributed by atoms with Crippen LogP contribution in [0.2, 0.25) is 0 Å². The predicted octanol–water partition coefficient (Wildman–Crippen LogP) is 2.75. The Morgan fingerprint density at radius 1 is 1.18 bits per heavy atom. The van der Waals surface area contributed by atoms with Gasteiger partial charge in [-0.05, 0) is 35.9 Å². The Kier molecular flexibility index (Phi) is 3.70. The molecule has 0 atom stereocenters. The second kappa shape index (κ2) is 5.81. The summed E-state index contributed by atoms with van der Waals surface area (Å²) < 4.78 is 18.3. The fraction of sp³-hybridized carbons (Fsp3) is 0.0588. The van der Waals surface area contributed by atoms with Gasteiger partial charge in [-0.15, -0.1) is 0 Å². The SMILES string of the molecule is COc1ccc(/C=C2\N=C(c3cccc(F)c3)NC2=O)cc1. The Balaban J connectivity index is 1.90. The molecule has 0 fully saturated rings. The summed E-state index contributed by atoms with van der Waals surface area (Å²) in [7, 11) is 1.59. The van der Waals surface area contributed by atoms with Crippen LogP contribution in [0.1, 0.15) is 11.1 Å². The summed E-state index contributed by atoms with van der Waals surface area (Å²) in [6.45, 7) is 0. The van der Waals surface area contributed by atoms with Gasteiger partial charge in [0.05, 0.1) is 7.11 Å². The highest BCUT2D eigenvalue weighted by atomic mass is 19.1. The maximum Gasteiger partial charge on any atom is 0.275 e. The summed E-state index contributed by atoms with van der Waals surface area (Å²) in [5.41, 5.74) is 1.64. The van der Waals surface area contributed by atoms with Gasteiger partial charge in [-0.25, -0.2) is 9.38 Å². The summed E-state index contributed by atoms with van der Waals surface area (Å²) in [4.78, 5) is 16.2. The van der Waals surface area contributed by atoms with E-state index in [0.29, 0.717) is 11.4 Å². The van der Waals surface area contributed by atoms with E-state index in [0.717, 1.165) is 11.3 Å². The first-order valence-corrected chi connectivity index (χ1v) is 6.67. The fourth-order valence-electron chi connectivity index (χ4n) is 2.10. The normalized spacial score (nSPS) is 15.6. The minimum atomic E-state index is -0.373. The van der Waals surface area contributed by atoms with E-state index < -0.39 is 0 Å². The lowest BCUT2D eigenvalue weighted by Crippen LogP contribution is -2.24.